The van der Waals surface area contributed by atoms with Crippen molar-refractivity contribution < 1.29 is 18.0 Å². The van der Waals surface area contributed by atoms with Gasteiger partial charge in [0.15, 0.2) is 0 Å². The summed E-state index contributed by atoms with van der Waals surface area (Å²) in [6, 6.07) is 4.65. The van der Waals surface area contributed by atoms with Crippen LogP contribution in [0.4, 0.5) is 24.5 Å². The number of hydrogen-bond donors (Lipinski definition) is 2. The van der Waals surface area contributed by atoms with E-state index in [9.17, 15) is 18.0 Å². The van der Waals surface area contributed by atoms with E-state index in [1.54, 1.807) is 12.1 Å². The summed E-state index contributed by atoms with van der Waals surface area (Å²) in [7, 11) is 0. The van der Waals surface area contributed by atoms with E-state index in [2.05, 4.69) is 0 Å². The number of hydrogen-bond acceptors (Lipinski definition) is 2. The molecule has 0 bridgehead atoms. The minimum absolute atomic E-state index is 0.162. The predicted octanol–water partition coefficient (Wildman–Crippen LogP) is 2.65. The van der Waals surface area contributed by atoms with Crippen molar-refractivity contribution in [3.63, 3.8) is 0 Å². The number of carbonyl (C=O) groups is 1. The lowest BCUT2D eigenvalue weighted by atomic mass is 10.1. The van der Waals surface area contributed by atoms with Crippen molar-refractivity contribution in [2.75, 3.05) is 11.1 Å². The van der Waals surface area contributed by atoms with Gasteiger partial charge in [0.2, 0.25) is 0 Å². The van der Waals surface area contributed by atoms with Crippen molar-refractivity contribution in [3.05, 3.63) is 23.8 Å². The molecule has 1 amide bonds. The molecule has 0 unspecified atom stereocenters. The zero-order valence-corrected chi connectivity index (χ0v) is 8.84. The minimum Gasteiger partial charge on any atom is -0.399 e. The highest BCUT2D eigenvalue weighted by Crippen LogP contribution is 2.44. The number of amides is 1. The molecule has 17 heavy (non-hydrogen) atoms. The molecule has 92 valence electrons. The Hall–Kier alpha value is -1.72. The van der Waals surface area contributed by atoms with E-state index in [0.717, 1.165) is 18.4 Å². The highest BCUT2D eigenvalue weighted by molar-refractivity contribution is 5.96. The maximum absolute atomic E-state index is 12.1. The second-order valence-electron chi connectivity index (χ2n) is 4.07. The van der Waals surface area contributed by atoms with Crippen LogP contribution in [0.25, 0.3) is 0 Å². The number of carbonyl (C=O) groups excluding carboxylic acids is 1. The Bertz CT molecular complexity index is 453. The number of nitrogen functional groups attached to an aromatic ring is 1. The summed E-state index contributed by atoms with van der Waals surface area (Å²) in [4.78, 5) is 10.9. The number of nitrogens with two attached hydrogens (primary N) is 1. The normalized spacial score (nSPS) is 15.7. The van der Waals surface area contributed by atoms with Crippen LogP contribution in [0.15, 0.2) is 18.2 Å². The van der Waals surface area contributed by atoms with E-state index in [0.29, 0.717) is 5.69 Å². The molecular formula is C11H11F3N2O. The summed E-state index contributed by atoms with van der Waals surface area (Å²) in [6.07, 6.45) is -3.02. The van der Waals surface area contributed by atoms with Crippen LogP contribution < -0.4 is 11.1 Å². The maximum atomic E-state index is 12.1. The van der Waals surface area contributed by atoms with Gasteiger partial charge in [-0.15, -0.1) is 0 Å². The minimum atomic E-state index is -4.88. The zero-order chi connectivity index (χ0) is 12.6. The van der Waals surface area contributed by atoms with Gasteiger partial charge in [0.05, 0.1) is 0 Å². The highest BCUT2D eigenvalue weighted by Gasteiger charge is 2.39. The Morgan fingerprint density at radius 1 is 1.35 bits per heavy atom. The lowest BCUT2D eigenvalue weighted by molar-refractivity contribution is -0.167. The molecule has 0 saturated heterocycles. The molecule has 3 N–H and O–H groups in total. The molecule has 0 radical (unpaired) electrons. The van der Waals surface area contributed by atoms with E-state index in [1.807, 2.05) is 5.32 Å². The molecule has 0 spiro atoms. The summed E-state index contributed by atoms with van der Waals surface area (Å²) in [6.45, 7) is 0. The third-order valence-electron chi connectivity index (χ3n) is 2.60. The Morgan fingerprint density at radius 2 is 2.00 bits per heavy atom. The van der Waals surface area contributed by atoms with Gasteiger partial charge in [0, 0.05) is 11.4 Å². The first-order chi connectivity index (χ1) is 7.88. The van der Waals surface area contributed by atoms with E-state index in [4.69, 9.17) is 5.73 Å². The quantitative estimate of drug-likeness (QED) is 0.786. The highest BCUT2D eigenvalue weighted by atomic mass is 19.4. The molecule has 1 saturated carbocycles. The van der Waals surface area contributed by atoms with Crippen molar-refractivity contribution in [2.45, 2.75) is 24.9 Å². The fourth-order valence-electron chi connectivity index (χ4n) is 1.63. The number of rotatable bonds is 2. The van der Waals surface area contributed by atoms with E-state index >= 15 is 0 Å². The van der Waals surface area contributed by atoms with Crippen molar-refractivity contribution in [1.29, 1.82) is 0 Å². The van der Waals surface area contributed by atoms with Gasteiger partial charge in [0.25, 0.3) is 0 Å². The van der Waals surface area contributed by atoms with Crippen LogP contribution in [-0.2, 0) is 4.79 Å². The van der Waals surface area contributed by atoms with Crippen LogP contribution in [0.5, 0.6) is 0 Å². The summed E-state index contributed by atoms with van der Waals surface area (Å²) < 4.78 is 36.4. The molecule has 1 fully saturated rings. The Morgan fingerprint density at radius 3 is 2.53 bits per heavy atom. The van der Waals surface area contributed by atoms with Gasteiger partial charge in [-0.25, -0.2) is 0 Å². The van der Waals surface area contributed by atoms with Crippen LogP contribution in [0.3, 0.4) is 0 Å². The molecule has 1 aliphatic rings. The molecule has 1 aromatic rings. The zero-order valence-electron chi connectivity index (χ0n) is 8.84. The summed E-state index contributed by atoms with van der Waals surface area (Å²) in [5.41, 5.74) is 6.71. The molecule has 1 aromatic carbocycles. The number of nitrogens with one attached hydrogen (secondary N) is 1. The number of halogens is 3. The van der Waals surface area contributed by atoms with E-state index in [1.165, 1.54) is 6.07 Å². The SMILES string of the molecule is Nc1ccc(C2CC2)c(NC(=O)C(F)(F)F)c1. The fraction of sp³-hybridized carbons (Fsp3) is 0.364. The van der Waals surface area contributed by atoms with Gasteiger partial charge in [-0.3, -0.25) is 4.79 Å². The Balaban J connectivity index is 2.25. The molecule has 0 atom stereocenters. The molecular weight excluding hydrogens is 233 g/mol. The van der Waals surface area contributed by atoms with E-state index in [-0.39, 0.29) is 11.6 Å². The first-order valence-corrected chi connectivity index (χ1v) is 5.15. The topological polar surface area (TPSA) is 55.1 Å². The molecule has 0 heterocycles. The van der Waals surface area contributed by atoms with Gasteiger partial charge in [-0.2, -0.15) is 13.2 Å². The summed E-state index contributed by atoms with van der Waals surface area (Å²) >= 11 is 0. The largest absolute Gasteiger partial charge is 0.471 e. The number of benzene rings is 1. The van der Waals surface area contributed by atoms with Crippen molar-refractivity contribution in [1.82, 2.24) is 0 Å². The fourth-order valence-corrected chi connectivity index (χ4v) is 1.63. The van der Waals surface area contributed by atoms with E-state index < -0.39 is 12.1 Å². The molecule has 0 aliphatic heterocycles. The summed E-state index contributed by atoms with van der Waals surface area (Å²) in [5, 5.41) is 1.87. The predicted molar refractivity (Wildman–Crippen MR) is 57.5 cm³/mol. The van der Waals surface area contributed by atoms with Crippen LogP contribution >= 0.6 is 0 Å². The molecule has 1 aliphatic carbocycles. The Labute approximate surface area is 95.8 Å². The molecule has 2 rings (SSSR count). The first kappa shape index (κ1) is 11.8. The van der Waals surface area contributed by atoms with Crippen LogP contribution in [0, 0.1) is 0 Å². The van der Waals surface area contributed by atoms with Crippen molar-refractivity contribution in [2.24, 2.45) is 0 Å². The van der Waals surface area contributed by atoms with Gasteiger partial charge < -0.3 is 11.1 Å². The number of alkyl halides is 3. The van der Waals surface area contributed by atoms with Gasteiger partial charge in [-0.1, -0.05) is 6.07 Å². The average Bonchev–Trinajstić information content (AvgIpc) is 3.00. The standard InChI is InChI=1S/C11H11F3N2O/c12-11(13,14)10(17)16-9-5-7(15)3-4-8(9)6-1-2-6/h3-6H,1-2,15H2,(H,16,17). The van der Waals surface area contributed by atoms with Crippen LogP contribution in [-0.4, -0.2) is 12.1 Å². The first-order valence-electron chi connectivity index (χ1n) is 5.15. The Kier molecular flexibility index (Phi) is 2.73. The lowest BCUT2D eigenvalue weighted by Gasteiger charge is -2.12. The van der Waals surface area contributed by atoms with Gasteiger partial charge in [-0.05, 0) is 36.5 Å². The third-order valence-corrected chi connectivity index (χ3v) is 2.60. The lowest BCUT2D eigenvalue weighted by Crippen LogP contribution is -2.30. The van der Waals surface area contributed by atoms with Crippen LogP contribution in [0.2, 0.25) is 0 Å². The van der Waals surface area contributed by atoms with Crippen molar-refractivity contribution >= 4 is 17.3 Å². The second kappa shape index (κ2) is 3.94. The maximum Gasteiger partial charge on any atom is 0.471 e. The third kappa shape index (κ3) is 2.69. The molecule has 6 heteroatoms. The van der Waals surface area contributed by atoms with Crippen molar-refractivity contribution in [3.8, 4) is 0 Å². The molecule has 3 nitrogen and oxygen atoms in total. The average molecular weight is 244 g/mol. The van der Waals surface area contributed by atoms with Crippen LogP contribution in [0.1, 0.15) is 24.3 Å². The smallest absolute Gasteiger partial charge is 0.399 e. The summed E-state index contributed by atoms with van der Waals surface area (Å²) in [5.74, 6) is -1.73. The second-order valence-corrected chi connectivity index (χ2v) is 4.07. The van der Waals surface area contributed by atoms with Gasteiger partial charge >= 0.3 is 12.1 Å². The monoisotopic (exact) mass is 244 g/mol. The number of anilines is 2. The molecule has 0 aromatic heterocycles. The van der Waals surface area contributed by atoms with Gasteiger partial charge in [0.1, 0.15) is 0 Å².